The molecule has 0 aliphatic carbocycles. The van der Waals surface area contributed by atoms with Gasteiger partial charge in [-0.1, -0.05) is 18.2 Å². The van der Waals surface area contributed by atoms with Crippen molar-refractivity contribution in [3.8, 4) is 11.5 Å². The van der Waals surface area contributed by atoms with Crippen LogP contribution in [0.2, 0.25) is 0 Å². The van der Waals surface area contributed by atoms with Crippen molar-refractivity contribution < 1.29 is 27.1 Å². The molecule has 30 heavy (non-hydrogen) atoms. The van der Waals surface area contributed by atoms with Gasteiger partial charge < -0.3 is 14.8 Å². The van der Waals surface area contributed by atoms with Crippen molar-refractivity contribution in [2.75, 3.05) is 42.6 Å². The number of ether oxygens (including phenoxy) is 2. The highest BCUT2D eigenvalue weighted by atomic mass is 32.2. The number of carbonyl (C=O) groups is 1. The number of amides is 1. The normalized spacial score (nSPS) is 13.0. The van der Waals surface area contributed by atoms with E-state index in [1.54, 1.807) is 36.4 Å². The van der Waals surface area contributed by atoms with E-state index in [1.165, 1.54) is 17.8 Å². The predicted octanol–water partition coefficient (Wildman–Crippen LogP) is 2.41. The van der Waals surface area contributed by atoms with Crippen LogP contribution in [0.15, 0.2) is 42.5 Å². The van der Waals surface area contributed by atoms with Gasteiger partial charge >= 0.3 is 0 Å². The third-order valence-electron chi connectivity index (χ3n) is 4.29. The van der Waals surface area contributed by atoms with Gasteiger partial charge in [-0.25, -0.2) is 12.8 Å². The van der Waals surface area contributed by atoms with E-state index >= 15 is 0 Å². The second kappa shape index (κ2) is 10.0. The molecule has 0 radical (unpaired) electrons. The second-order valence-corrected chi connectivity index (χ2v) is 9.60. The van der Waals surface area contributed by atoms with Gasteiger partial charge in [-0.05, 0) is 23.8 Å². The second-order valence-electron chi connectivity index (χ2n) is 6.59. The van der Waals surface area contributed by atoms with Crippen molar-refractivity contribution >= 4 is 33.4 Å². The molecule has 0 aromatic heterocycles. The zero-order chi connectivity index (χ0) is 21.6. The Morgan fingerprint density at radius 2 is 1.90 bits per heavy atom. The van der Waals surface area contributed by atoms with Crippen LogP contribution in [0.5, 0.6) is 11.5 Å². The lowest BCUT2D eigenvalue weighted by Crippen LogP contribution is -2.41. The predicted molar refractivity (Wildman–Crippen MR) is 115 cm³/mol. The van der Waals surface area contributed by atoms with Gasteiger partial charge in [0.05, 0.1) is 11.9 Å². The van der Waals surface area contributed by atoms with Crippen LogP contribution in [0.1, 0.15) is 5.56 Å². The van der Waals surface area contributed by atoms with E-state index in [1.807, 2.05) is 0 Å². The van der Waals surface area contributed by atoms with E-state index in [9.17, 15) is 17.6 Å². The molecule has 1 aliphatic rings. The molecule has 1 N–H and O–H groups in total. The molecule has 7 nitrogen and oxygen atoms in total. The monoisotopic (exact) mass is 454 g/mol. The molecule has 1 amide bonds. The lowest BCUT2D eigenvalue weighted by Gasteiger charge is -2.24. The summed E-state index contributed by atoms with van der Waals surface area (Å²) in [6.07, 6.45) is 1.04. The molecule has 3 rings (SSSR count). The Kier molecular flexibility index (Phi) is 7.43. The lowest BCUT2D eigenvalue weighted by molar-refractivity contribution is -0.119. The lowest BCUT2D eigenvalue weighted by atomic mass is 10.2. The number of sulfonamides is 1. The minimum Gasteiger partial charge on any atom is -0.486 e. The fourth-order valence-electron chi connectivity index (χ4n) is 2.83. The Labute approximate surface area is 179 Å². The molecule has 0 fully saturated rings. The van der Waals surface area contributed by atoms with Crippen molar-refractivity contribution in [1.82, 2.24) is 5.32 Å². The largest absolute Gasteiger partial charge is 0.486 e. The average Bonchev–Trinajstić information content (AvgIpc) is 2.72. The van der Waals surface area contributed by atoms with Gasteiger partial charge in [-0.3, -0.25) is 9.10 Å². The minimum atomic E-state index is -3.69. The number of hydrogen-bond acceptors (Lipinski definition) is 6. The number of benzene rings is 2. The van der Waals surface area contributed by atoms with Crippen LogP contribution in [0, 0.1) is 5.82 Å². The summed E-state index contributed by atoms with van der Waals surface area (Å²) in [5.74, 6) is 1.37. The van der Waals surface area contributed by atoms with Crippen molar-refractivity contribution in [3.05, 3.63) is 53.8 Å². The summed E-state index contributed by atoms with van der Waals surface area (Å²) in [5, 5.41) is 2.70. The third-order valence-corrected chi connectivity index (χ3v) is 6.43. The molecule has 2 aromatic rings. The number of anilines is 1. The van der Waals surface area contributed by atoms with E-state index in [2.05, 4.69) is 5.32 Å². The topological polar surface area (TPSA) is 84.9 Å². The third kappa shape index (κ3) is 6.02. The van der Waals surface area contributed by atoms with E-state index < -0.39 is 15.9 Å². The summed E-state index contributed by atoms with van der Waals surface area (Å²) >= 11 is 1.48. The van der Waals surface area contributed by atoms with Gasteiger partial charge in [0.2, 0.25) is 15.9 Å². The highest BCUT2D eigenvalue weighted by molar-refractivity contribution is 7.98. The molecule has 2 aromatic carbocycles. The summed E-state index contributed by atoms with van der Waals surface area (Å²) in [6.45, 7) is 0.799. The van der Waals surface area contributed by atoms with Gasteiger partial charge in [-0.15, -0.1) is 0 Å². The fourth-order valence-corrected chi connectivity index (χ4v) is 4.53. The first-order valence-corrected chi connectivity index (χ1v) is 12.3. The molecule has 162 valence electrons. The van der Waals surface area contributed by atoms with Crippen molar-refractivity contribution in [3.63, 3.8) is 0 Å². The number of carbonyl (C=O) groups excluding carboxylic acids is 1. The van der Waals surface area contributed by atoms with Gasteiger partial charge in [0.1, 0.15) is 25.6 Å². The highest BCUT2D eigenvalue weighted by Gasteiger charge is 2.23. The molecule has 1 heterocycles. The molecule has 0 unspecified atom stereocenters. The number of thioether (sulfide) groups is 1. The van der Waals surface area contributed by atoms with Crippen LogP contribution in [-0.4, -0.2) is 52.6 Å². The van der Waals surface area contributed by atoms with Gasteiger partial charge in [0.15, 0.2) is 11.5 Å². The molecule has 10 heteroatoms. The van der Waals surface area contributed by atoms with E-state index in [0.29, 0.717) is 54.0 Å². The van der Waals surface area contributed by atoms with Crippen LogP contribution in [0.4, 0.5) is 10.1 Å². The highest BCUT2D eigenvalue weighted by Crippen LogP contribution is 2.34. The number of halogens is 1. The van der Waals surface area contributed by atoms with Crippen molar-refractivity contribution in [2.45, 2.75) is 5.75 Å². The first kappa shape index (κ1) is 22.2. The molecule has 0 saturated carbocycles. The van der Waals surface area contributed by atoms with Gasteiger partial charge in [0.25, 0.3) is 0 Å². The number of nitrogens with zero attached hydrogens (tertiary/aromatic N) is 1. The van der Waals surface area contributed by atoms with Crippen LogP contribution in [0.3, 0.4) is 0 Å². The number of rotatable bonds is 9. The Balaban J connectivity index is 1.53. The molecule has 1 aliphatic heterocycles. The molecule has 0 spiro atoms. The summed E-state index contributed by atoms with van der Waals surface area (Å²) in [7, 11) is -3.69. The summed E-state index contributed by atoms with van der Waals surface area (Å²) in [5.41, 5.74) is 0.932. The number of fused-ring (bicyclic) bond motifs is 1. The minimum absolute atomic E-state index is 0.253. The maximum Gasteiger partial charge on any atom is 0.240 e. The van der Waals surface area contributed by atoms with Crippen LogP contribution in [-0.2, 0) is 20.6 Å². The van der Waals surface area contributed by atoms with Crippen LogP contribution in [0.25, 0.3) is 0 Å². The van der Waals surface area contributed by atoms with E-state index in [-0.39, 0.29) is 12.4 Å². The van der Waals surface area contributed by atoms with E-state index in [4.69, 9.17) is 9.47 Å². The standard InChI is InChI=1S/C20H23FN2O5S2/c1-30(25,26)23(16-6-7-18-19(12-16)28-10-9-27-18)13-20(24)22-8-11-29-14-15-4-2-3-5-17(15)21/h2-7,12H,8-11,13-14H2,1H3,(H,22,24). The zero-order valence-electron chi connectivity index (χ0n) is 16.5. The maximum absolute atomic E-state index is 13.6. The molecule has 0 bridgehead atoms. The van der Waals surface area contributed by atoms with E-state index in [0.717, 1.165) is 10.6 Å². The average molecular weight is 455 g/mol. The van der Waals surface area contributed by atoms with Crippen LogP contribution < -0.4 is 19.1 Å². The first-order chi connectivity index (χ1) is 14.3. The van der Waals surface area contributed by atoms with Crippen molar-refractivity contribution in [2.24, 2.45) is 0 Å². The molecule has 0 saturated heterocycles. The molecular formula is C20H23FN2O5S2. The summed E-state index contributed by atoms with van der Waals surface area (Å²) < 4.78 is 50.0. The first-order valence-electron chi connectivity index (χ1n) is 9.30. The quantitative estimate of drug-likeness (QED) is 0.586. The Morgan fingerprint density at radius 3 is 2.63 bits per heavy atom. The summed E-state index contributed by atoms with van der Waals surface area (Å²) in [6, 6.07) is 11.3. The van der Waals surface area contributed by atoms with Gasteiger partial charge in [-0.2, -0.15) is 11.8 Å². The van der Waals surface area contributed by atoms with Crippen LogP contribution >= 0.6 is 11.8 Å². The maximum atomic E-state index is 13.6. The number of hydrogen-bond donors (Lipinski definition) is 1. The molecular weight excluding hydrogens is 431 g/mol. The smallest absolute Gasteiger partial charge is 0.240 e. The Hall–Kier alpha value is -2.46. The number of nitrogens with one attached hydrogen (secondary N) is 1. The van der Waals surface area contributed by atoms with Gasteiger partial charge in [0, 0.05) is 24.1 Å². The summed E-state index contributed by atoms with van der Waals surface area (Å²) in [4.78, 5) is 12.3. The Bertz CT molecular complexity index is 1000. The van der Waals surface area contributed by atoms with Crippen molar-refractivity contribution in [1.29, 1.82) is 0 Å². The SMILES string of the molecule is CS(=O)(=O)N(CC(=O)NCCSCc1ccccc1F)c1ccc2c(c1)OCCO2. The zero-order valence-corrected chi connectivity index (χ0v) is 18.1. The molecule has 0 atom stereocenters. The Morgan fingerprint density at radius 1 is 1.17 bits per heavy atom. The fraction of sp³-hybridized carbons (Fsp3) is 0.350.